The van der Waals surface area contributed by atoms with Crippen LogP contribution in [0.5, 0.6) is 0 Å². The molecule has 1 aliphatic rings. The van der Waals surface area contributed by atoms with Gasteiger partial charge in [-0.15, -0.1) is 11.3 Å². The molecule has 1 N–H and O–H groups in total. The maximum atomic E-state index is 13.2. The molecule has 1 saturated carbocycles. The number of aromatic nitrogens is 3. The zero-order valence-corrected chi connectivity index (χ0v) is 16.7. The summed E-state index contributed by atoms with van der Waals surface area (Å²) in [5.74, 6) is -0.0326. The van der Waals surface area contributed by atoms with Crippen LogP contribution in [0.2, 0.25) is 0 Å². The van der Waals surface area contributed by atoms with Crippen molar-refractivity contribution in [1.82, 2.24) is 14.3 Å². The molecule has 5 nitrogen and oxygen atoms in total. The van der Waals surface area contributed by atoms with Gasteiger partial charge in [0, 0.05) is 12.1 Å². The second kappa shape index (κ2) is 6.58. The third-order valence-electron chi connectivity index (χ3n) is 5.44. The number of carbonyl (C=O) groups is 1. The smallest absolute Gasteiger partial charge is 0.272 e. The highest BCUT2D eigenvalue weighted by molar-refractivity contribution is 7.17. The van der Waals surface area contributed by atoms with Crippen LogP contribution in [0.3, 0.4) is 0 Å². The minimum Gasteiger partial charge on any atom is -0.333 e. The molecule has 1 amide bonds. The molecule has 26 heavy (non-hydrogen) atoms. The van der Waals surface area contributed by atoms with Crippen molar-refractivity contribution >= 4 is 33.1 Å². The number of hydrogen-bond donors (Lipinski definition) is 1. The summed E-state index contributed by atoms with van der Waals surface area (Å²) >= 11 is 1.70. The van der Waals surface area contributed by atoms with Crippen LogP contribution in [0.1, 0.15) is 73.5 Å². The van der Waals surface area contributed by atoms with Crippen molar-refractivity contribution in [3.8, 4) is 0 Å². The van der Waals surface area contributed by atoms with E-state index in [4.69, 9.17) is 0 Å². The van der Waals surface area contributed by atoms with Crippen LogP contribution >= 0.6 is 11.3 Å². The molecular formula is C20H26N4OS. The van der Waals surface area contributed by atoms with Gasteiger partial charge in [-0.2, -0.15) is 5.10 Å². The minimum absolute atomic E-state index is 0.0326. The van der Waals surface area contributed by atoms with Crippen LogP contribution in [0.4, 0.5) is 5.69 Å². The Labute approximate surface area is 158 Å². The fourth-order valence-corrected chi connectivity index (χ4v) is 5.01. The number of thiophene rings is 1. The molecule has 0 bridgehead atoms. The molecule has 138 valence electrons. The summed E-state index contributed by atoms with van der Waals surface area (Å²) in [5, 5.41) is 9.84. The third-order valence-corrected chi connectivity index (χ3v) is 6.29. The quantitative estimate of drug-likeness (QED) is 0.662. The predicted octanol–water partition coefficient (Wildman–Crippen LogP) is 5.46. The molecule has 0 spiro atoms. The number of anilines is 1. The first-order valence-electron chi connectivity index (χ1n) is 9.43. The summed E-state index contributed by atoms with van der Waals surface area (Å²) < 4.78 is 5.43. The lowest BCUT2D eigenvalue weighted by atomic mass is 10.2. The predicted molar refractivity (Wildman–Crippen MR) is 107 cm³/mol. The van der Waals surface area contributed by atoms with Crippen molar-refractivity contribution in [1.29, 1.82) is 0 Å². The fraction of sp³-hybridized carbons (Fsp3) is 0.500. The number of carbonyl (C=O) groups excluding carboxylic acids is 1. The zero-order chi connectivity index (χ0) is 18.4. The molecule has 1 aliphatic carbocycles. The third kappa shape index (κ3) is 2.76. The Hall–Kier alpha value is -2.08. The van der Waals surface area contributed by atoms with Gasteiger partial charge in [-0.1, -0.05) is 12.8 Å². The number of hydrogen-bond acceptors (Lipinski definition) is 3. The molecule has 3 heterocycles. The van der Waals surface area contributed by atoms with Gasteiger partial charge in [0.15, 0.2) is 0 Å². The van der Waals surface area contributed by atoms with Gasteiger partial charge in [-0.3, -0.25) is 9.48 Å². The van der Waals surface area contributed by atoms with E-state index in [9.17, 15) is 4.79 Å². The van der Waals surface area contributed by atoms with Gasteiger partial charge in [0.2, 0.25) is 0 Å². The fourth-order valence-electron chi connectivity index (χ4n) is 4.20. The highest BCUT2D eigenvalue weighted by Crippen LogP contribution is 2.37. The first-order chi connectivity index (χ1) is 12.5. The SMILES string of the molecule is Cc1nn(C(C)C)c(C)c1NC(=O)c1cc2sccc2n1C1CCCC1. The largest absolute Gasteiger partial charge is 0.333 e. The summed E-state index contributed by atoms with van der Waals surface area (Å²) in [4.78, 5) is 13.2. The standard InChI is InChI=1S/C20H26N4OS/c1-12(2)24-14(4)19(13(3)22-24)21-20(25)17-11-18-16(9-10-26-18)23(17)15-7-5-6-8-15/h9-12,15H,5-8H2,1-4H3,(H,21,25). The lowest BCUT2D eigenvalue weighted by Crippen LogP contribution is -2.20. The highest BCUT2D eigenvalue weighted by atomic mass is 32.1. The van der Waals surface area contributed by atoms with Crippen molar-refractivity contribution in [2.45, 2.75) is 65.5 Å². The van der Waals surface area contributed by atoms with Gasteiger partial charge in [0.1, 0.15) is 5.69 Å². The molecule has 0 saturated heterocycles. The van der Waals surface area contributed by atoms with Crippen molar-refractivity contribution < 1.29 is 4.79 Å². The van der Waals surface area contributed by atoms with Crippen molar-refractivity contribution in [2.24, 2.45) is 0 Å². The van der Waals surface area contributed by atoms with Crippen LogP contribution in [-0.2, 0) is 0 Å². The first-order valence-corrected chi connectivity index (χ1v) is 10.3. The van der Waals surface area contributed by atoms with E-state index in [1.54, 1.807) is 11.3 Å². The van der Waals surface area contributed by atoms with Crippen LogP contribution in [0, 0.1) is 13.8 Å². The Kier molecular flexibility index (Phi) is 4.39. The Morgan fingerprint density at radius 2 is 2.04 bits per heavy atom. The van der Waals surface area contributed by atoms with E-state index in [1.165, 1.54) is 23.1 Å². The lowest BCUT2D eigenvalue weighted by molar-refractivity contribution is 0.101. The van der Waals surface area contributed by atoms with Crippen LogP contribution in [0.25, 0.3) is 10.2 Å². The van der Waals surface area contributed by atoms with Gasteiger partial charge in [-0.05, 0) is 58.0 Å². The maximum Gasteiger partial charge on any atom is 0.272 e. The molecular weight excluding hydrogens is 344 g/mol. The number of nitrogens with zero attached hydrogens (tertiary/aromatic N) is 3. The normalized spacial score (nSPS) is 15.4. The summed E-state index contributed by atoms with van der Waals surface area (Å²) in [6.07, 6.45) is 4.80. The Morgan fingerprint density at radius 1 is 1.31 bits per heavy atom. The van der Waals surface area contributed by atoms with Gasteiger partial charge in [0.05, 0.1) is 27.3 Å². The summed E-state index contributed by atoms with van der Waals surface area (Å²) in [6.45, 7) is 8.18. The molecule has 6 heteroatoms. The molecule has 0 aliphatic heterocycles. The van der Waals surface area contributed by atoms with E-state index in [2.05, 4.69) is 40.3 Å². The van der Waals surface area contributed by atoms with Crippen molar-refractivity contribution in [3.05, 3.63) is 34.6 Å². The van der Waals surface area contributed by atoms with Gasteiger partial charge < -0.3 is 9.88 Å². The number of fused-ring (bicyclic) bond motifs is 1. The second-order valence-electron chi connectivity index (χ2n) is 7.55. The topological polar surface area (TPSA) is 51.9 Å². The average molecular weight is 371 g/mol. The molecule has 0 aromatic carbocycles. The Bertz CT molecular complexity index is 956. The summed E-state index contributed by atoms with van der Waals surface area (Å²) in [6, 6.07) is 4.89. The van der Waals surface area contributed by atoms with Gasteiger partial charge in [0.25, 0.3) is 5.91 Å². The van der Waals surface area contributed by atoms with E-state index >= 15 is 0 Å². The second-order valence-corrected chi connectivity index (χ2v) is 8.49. The Balaban J connectivity index is 1.71. The van der Waals surface area contributed by atoms with E-state index < -0.39 is 0 Å². The van der Waals surface area contributed by atoms with Crippen molar-refractivity contribution in [3.63, 3.8) is 0 Å². The molecule has 0 atom stereocenters. The van der Waals surface area contributed by atoms with Crippen LogP contribution < -0.4 is 5.32 Å². The number of rotatable bonds is 4. The van der Waals surface area contributed by atoms with E-state index in [0.29, 0.717) is 6.04 Å². The molecule has 0 radical (unpaired) electrons. The molecule has 3 aromatic rings. The molecule has 4 rings (SSSR count). The van der Waals surface area contributed by atoms with E-state index in [1.807, 2.05) is 24.6 Å². The van der Waals surface area contributed by atoms with Gasteiger partial charge in [-0.25, -0.2) is 0 Å². The van der Waals surface area contributed by atoms with E-state index in [0.717, 1.165) is 35.6 Å². The van der Waals surface area contributed by atoms with Crippen LogP contribution in [0.15, 0.2) is 17.5 Å². The van der Waals surface area contributed by atoms with Gasteiger partial charge >= 0.3 is 0 Å². The lowest BCUT2D eigenvalue weighted by Gasteiger charge is -2.17. The molecule has 0 unspecified atom stereocenters. The molecule has 3 aromatic heterocycles. The number of aryl methyl sites for hydroxylation is 1. The maximum absolute atomic E-state index is 13.2. The summed E-state index contributed by atoms with van der Waals surface area (Å²) in [5.41, 5.74) is 4.68. The monoisotopic (exact) mass is 370 g/mol. The average Bonchev–Trinajstić information content (AvgIpc) is 3.33. The van der Waals surface area contributed by atoms with Crippen LogP contribution in [-0.4, -0.2) is 20.3 Å². The zero-order valence-electron chi connectivity index (χ0n) is 15.9. The minimum atomic E-state index is -0.0326. The van der Waals surface area contributed by atoms with Crippen molar-refractivity contribution in [2.75, 3.05) is 5.32 Å². The highest BCUT2D eigenvalue weighted by Gasteiger charge is 2.26. The molecule has 1 fully saturated rings. The number of amides is 1. The van der Waals surface area contributed by atoms with E-state index in [-0.39, 0.29) is 11.9 Å². The summed E-state index contributed by atoms with van der Waals surface area (Å²) in [7, 11) is 0. The first kappa shape index (κ1) is 17.3. The Morgan fingerprint density at radius 3 is 2.69 bits per heavy atom. The number of nitrogens with one attached hydrogen (secondary N) is 1.